The van der Waals surface area contributed by atoms with E-state index in [1.54, 1.807) is 18.2 Å². The minimum absolute atomic E-state index is 0.0550. The topological polar surface area (TPSA) is 49.3 Å². The Hall–Kier alpha value is -1.51. The molecule has 1 fully saturated rings. The number of hydrogen-bond acceptors (Lipinski definition) is 2. The number of hydrogen-bond donors (Lipinski definition) is 2. The van der Waals surface area contributed by atoms with Gasteiger partial charge in [0.05, 0.1) is 6.42 Å². The molecule has 2 N–H and O–H groups in total. The zero-order chi connectivity index (χ0) is 13.0. The average Bonchev–Trinajstić information content (AvgIpc) is 2.32. The van der Waals surface area contributed by atoms with Crippen LogP contribution in [-0.2, 0) is 11.2 Å². The molecule has 18 heavy (non-hydrogen) atoms. The van der Waals surface area contributed by atoms with Crippen LogP contribution in [0.5, 0.6) is 5.75 Å². The van der Waals surface area contributed by atoms with Crippen LogP contribution in [0.4, 0.5) is 0 Å². The fraction of sp³-hybridized carbons (Fsp3) is 0.533. The molecule has 3 nitrogen and oxygen atoms in total. The molecule has 0 aliphatic heterocycles. The van der Waals surface area contributed by atoms with Gasteiger partial charge in [-0.15, -0.1) is 0 Å². The molecule has 0 heterocycles. The summed E-state index contributed by atoms with van der Waals surface area (Å²) in [5.74, 6) is 0.845. The Morgan fingerprint density at radius 2 is 2.17 bits per heavy atom. The SMILES string of the molecule is CC1CCCCC1NC(=O)Cc1cccc(O)c1. The Kier molecular flexibility index (Phi) is 4.24. The molecule has 98 valence electrons. The first kappa shape index (κ1) is 12.9. The third kappa shape index (κ3) is 3.49. The molecule has 0 spiro atoms. The first-order valence-electron chi connectivity index (χ1n) is 6.72. The zero-order valence-corrected chi connectivity index (χ0v) is 10.9. The van der Waals surface area contributed by atoms with Gasteiger partial charge in [0.2, 0.25) is 5.91 Å². The fourth-order valence-corrected chi connectivity index (χ4v) is 2.64. The largest absolute Gasteiger partial charge is 0.508 e. The second kappa shape index (κ2) is 5.89. The fourth-order valence-electron chi connectivity index (χ4n) is 2.64. The standard InChI is InChI=1S/C15H21NO2/c1-11-5-2-3-8-14(11)16-15(18)10-12-6-4-7-13(17)9-12/h4,6-7,9,11,14,17H,2-3,5,8,10H2,1H3,(H,16,18). The average molecular weight is 247 g/mol. The number of rotatable bonds is 3. The van der Waals surface area contributed by atoms with Gasteiger partial charge >= 0.3 is 0 Å². The van der Waals surface area contributed by atoms with Gasteiger partial charge < -0.3 is 10.4 Å². The highest BCUT2D eigenvalue weighted by Crippen LogP contribution is 2.23. The summed E-state index contributed by atoms with van der Waals surface area (Å²) in [6, 6.07) is 7.21. The van der Waals surface area contributed by atoms with Crippen LogP contribution in [0.2, 0.25) is 0 Å². The van der Waals surface area contributed by atoms with E-state index in [0.29, 0.717) is 18.4 Å². The predicted octanol–water partition coefficient (Wildman–Crippen LogP) is 2.63. The molecule has 0 bridgehead atoms. The number of nitrogens with one attached hydrogen (secondary N) is 1. The van der Waals surface area contributed by atoms with Crippen molar-refractivity contribution in [2.24, 2.45) is 5.92 Å². The molecule has 0 radical (unpaired) electrons. The van der Waals surface area contributed by atoms with Crippen LogP contribution in [0.15, 0.2) is 24.3 Å². The predicted molar refractivity (Wildman–Crippen MR) is 71.4 cm³/mol. The molecule has 2 unspecified atom stereocenters. The molecule has 1 saturated carbocycles. The van der Waals surface area contributed by atoms with Crippen LogP contribution in [0.1, 0.15) is 38.2 Å². The van der Waals surface area contributed by atoms with Crippen LogP contribution >= 0.6 is 0 Å². The van der Waals surface area contributed by atoms with E-state index in [9.17, 15) is 9.90 Å². The maximum absolute atomic E-state index is 11.9. The third-order valence-electron chi connectivity index (χ3n) is 3.73. The molecule has 0 saturated heterocycles. The summed E-state index contributed by atoms with van der Waals surface area (Å²) in [6.07, 6.45) is 5.13. The van der Waals surface area contributed by atoms with Crippen LogP contribution in [0, 0.1) is 5.92 Å². The Bertz CT molecular complexity index is 417. The molecule has 0 aromatic heterocycles. The Balaban J connectivity index is 1.88. The lowest BCUT2D eigenvalue weighted by molar-refractivity contribution is -0.121. The lowest BCUT2D eigenvalue weighted by Crippen LogP contribution is -2.41. The second-order valence-corrected chi connectivity index (χ2v) is 5.28. The Morgan fingerprint density at radius 1 is 1.39 bits per heavy atom. The molecule has 2 atom stereocenters. The molecular formula is C15H21NO2. The first-order valence-corrected chi connectivity index (χ1v) is 6.72. The van der Waals surface area contributed by atoms with Crippen molar-refractivity contribution in [3.63, 3.8) is 0 Å². The summed E-state index contributed by atoms with van der Waals surface area (Å²) in [4.78, 5) is 11.9. The minimum atomic E-state index is 0.0550. The van der Waals surface area contributed by atoms with E-state index in [1.807, 2.05) is 6.07 Å². The van der Waals surface area contributed by atoms with Gasteiger partial charge in [-0.3, -0.25) is 4.79 Å². The highest BCUT2D eigenvalue weighted by atomic mass is 16.3. The van der Waals surface area contributed by atoms with Crippen molar-refractivity contribution in [1.82, 2.24) is 5.32 Å². The molecule has 1 aliphatic carbocycles. The monoisotopic (exact) mass is 247 g/mol. The van der Waals surface area contributed by atoms with Crippen molar-refractivity contribution in [3.05, 3.63) is 29.8 Å². The smallest absolute Gasteiger partial charge is 0.224 e. The number of phenols is 1. The molecule has 2 rings (SSSR count). The number of aromatic hydroxyl groups is 1. The van der Waals surface area contributed by atoms with E-state index < -0.39 is 0 Å². The van der Waals surface area contributed by atoms with Crippen molar-refractivity contribution < 1.29 is 9.90 Å². The minimum Gasteiger partial charge on any atom is -0.508 e. The van der Waals surface area contributed by atoms with Gasteiger partial charge in [0, 0.05) is 6.04 Å². The number of carbonyl (C=O) groups excluding carboxylic acids is 1. The maximum atomic E-state index is 11.9. The lowest BCUT2D eigenvalue weighted by atomic mass is 9.86. The third-order valence-corrected chi connectivity index (χ3v) is 3.73. The van der Waals surface area contributed by atoms with Gasteiger partial charge in [0.1, 0.15) is 5.75 Å². The quantitative estimate of drug-likeness (QED) is 0.862. The van der Waals surface area contributed by atoms with Crippen LogP contribution < -0.4 is 5.32 Å². The van der Waals surface area contributed by atoms with Gasteiger partial charge in [0.15, 0.2) is 0 Å². The van der Waals surface area contributed by atoms with E-state index in [2.05, 4.69) is 12.2 Å². The Morgan fingerprint density at radius 3 is 2.89 bits per heavy atom. The maximum Gasteiger partial charge on any atom is 0.224 e. The van der Waals surface area contributed by atoms with Crippen molar-refractivity contribution in [2.75, 3.05) is 0 Å². The lowest BCUT2D eigenvalue weighted by Gasteiger charge is -2.29. The molecule has 1 aliphatic rings. The van der Waals surface area contributed by atoms with E-state index in [0.717, 1.165) is 12.0 Å². The van der Waals surface area contributed by atoms with Gasteiger partial charge in [-0.25, -0.2) is 0 Å². The van der Waals surface area contributed by atoms with Crippen LogP contribution in [0.25, 0.3) is 0 Å². The molecular weight excluding hydrogens is 226 g/mol. The van der Waals surface area contributed by atoms with E-state index >= 15 is 0 Å². The number of benzene rings is 1. The first-order chi connectivity index (χ1) is 8.65. The van der Waals surface area contributed by atoms with Crippen molar-refractivity contribution in [3.8, 4) is 5.75 Å². The van der Waals surface area contributed by atoms with Gasteiger partial charge in [-0.05, 0) is 36.5 Å². The zero-order valence-electron chi connectivity index (χ0n) is 10.9. The van der Waals surface area contributed by atoms with Gasteiger partial charge in [-0.2, -0.15) is 0 Å². The molecule has 1 aromatic rings. The molecule has 3 heteroatoms. The highest BCUT2D eigenvalue weighted by molar-refractivity contribution is 5.79. The van der Waals surface area contributed by atoms with E-state index in [1.165, 1.54) is 19.3 Å². The number of phenolic OH excluding ortho intramolecular Hbond substituents is 1. The second-order valence-electron chi connectivity index (χ2n) is 5.28. The normalized spacial score (nSPS) is 23.6. The van der Waals surface area contributed by atoms with E-state index in [4.69, 9.17) is 0 Å². The summed E-state index contributed by atoms with van der Waals surface area (Å²) < 4.78 is 0. The highest BCUT2D eigenvalue weighted by Gasteiger charge is 2.22. The summed E-state index contributed by atoms with van der Waals surface area (Å²) in [7, 11) is 0. The number of carbonyl (C=O) groups is 1. The van der Waals surface area contributed by atoms with Crippen LogP contribution in [0.3, 0.4) is 0 Å². The summed E-state index contributed by atoms with van der Waals surface area (Å²) >= 11 is 0. The van der Waals surface area contributed by atoms with Gasteiger partial charge in [-0.1, -0.05) is 31.9 Å². The molecule has 1 aromatic carbocycles. The van der Waals surface area contributed by atoms with Crippen molar-refractivity contribution in [2.45, 2.75) is 45.1 Å². The molecule has 1 amide bonds. The Labute approximate surface area is 108 Å². The van der Waals surface area contributed by atoms with Crippen molar-refractivity contribution in [1.29, 1.82) is 0 Å². The summed E-state index contributed by atoms with van der Waals surface area (Å²) in [6.45, 7) is 2.21. The van der Waals surface area contributed by atoms with E-state index in [-0.39, 0.29) is 11.7 Å². The van der Waals surface area contributed by atoms with Crippen LogP contribution in [-0.4, -0.2) is 17.1 Å². The van der Waals surface area contributed by atoms with Gasteiger partial charge in [0.25, 0.3) is 0 Å². The summed E-state index contributed by atoms with van der Waals surface area (Å²) in [5, 5.41) is 12.5. The summed E-state index contributed by atoms with van der Waals surface area (Å²) in [5.41, 5.74) is 0.857. The number of amides is 1. The van der Waals surface area contributed by atoms with Crippen molar-refractivity contribution >= 4 is 5.91 Å².